The van der Waals surface area contributed by atoms with Crippen molar-refractivity contribution in [3.05, 3.63) is 60.2 Å². The van der Waals surface area contributed by atoms with Crippen LogP contribution >= 0.6 is 0 Å². The molecule has 0 atom stereocenters. The fourth-order valence-electron chi connectivity index (χ4n) is 3.68. The summed E-state index contributed by atoms with van der Waals surface area (Å²) in [5.41, 5.74) is 1.97. The lowest BCUT2D eigenvalue weighted by Gasteiger charge is -2.33. The number of anilines is 1. The molecule has 0 spiro atoms. The van der Waals surface area contributed by atoms with Gasteiger partial charge in [0.1, 0.15) is 0 Å². The molecule has 0 aromatic heterocycles. The van der Waals surface area contributed by atoms with Crippen molar-refractivity contribution in [3.8, 4) is 11.5 Å². The van der Waals surface area contributed by atoms with E-state index in [1.807, 2.05) is 24.3 Å². The quantitative estimate of drug-likeness (QED) is 0.798. The molecule has 2 aromatic rings. The van der Waals surface area contributed by atoms with Crippen molar-refractivity contribution in [1.82, 2.24) is 9.80 Å². The third kappa shape index (κ3) is 5.84. The Morgan fingerprint density at radius 3 is 2.47 bits per heavy atom. The van der Waals surface area contributed by atoms with Crippen molar-refractivity contribution in [2.45, 2.75) is 6.42 Å². The Balaban J connectivity index is 1.20. The molecule has 6 heteroatoms. The van der Waals surface area contributed by atoms with E-state index < -0.39 is 0 Å². The van der Waals surface area contributed by atoms with Gasteiger partial charge in [-0.15, -0.1) is 0 Å². The summed E-state index contributed by atoms with van der Waals surface area (Å²) < 4.78 is 11.3. The number of piperazine rings is 1. The van der Waals surface area contributed by atoms with Crippen LogP contribution in [0.2, 0.25) is 0 Å². The van der Waals surface area contributed by atoms with Gasteiger partial charge in [0.05, 0.1) is 19.8 Å². The summed E-state index contributed by atoms with van der Waals surface area (Å²) in [5.74, 6) is 1.44. The molecule has 1 saturated heterocycles. The van der Waals surface area contributed by atoms with Crippen LogP contribution in [0.15, 0.2) is 54.6 Å². The lowest BCUT2D eigenvalue weighted by molar-refractivity contribution is -0.117. The van der Waals surface area contributed by atoms with E-state index in [4.69, 9.17) is 9.47 Å². The van der Waals surface area contributed by atoms with Crippen LogP contribution in [0.4, 0.5) is 5.69 Å². The molecule has 0 saturated carbocycles. The summed E-state index contributed by atoms with van der Waals surface area (Å²) in [6, 6.07) is 15.9. The third-order valence-electron chi connectivity index (χ3n) is 5.34. The first-order chi connectivity index (χ1) is 14.8. The standard InChI is InChI=1S/C24H29N3O3/c28-24(25-21-9-10-22-23(18-21)30-17-5-16-29-22)19-27-14-12-26(13-15-27)11-4-8-20-6-2-1-3-7-20/h1-4,6-10,18H,5,11-17,19H2,(H,25,28). The molecule has 4 rings (SSSR count). The minimum Gasteiger partial charge on any atom is -0.490 e. The van der Waals surface area contributed by atoms with Crippen molar-refractivity contribution in [3.63, 3.8) is 0 Å². The summed E-state index contributed by atoms with van der Waals surface area (Å²) in [5, 5.41) is 2.98. The second-order valence-electron chi connectivity index (χ2n) is 7.65. The predicted octanol–water partition coefficient (Wildman–Crippen LogP) is 3.12. The van der Waals surface area contributed by atoms with Crippen molar-refractivity contribution in [1.29, 1.82) is 0 Å². The van der Waals surface area contributed by atoms with Crippen LogP contribution in [0.3, 0.4) is 0 Å². The van der Waals surface area contributed by atoms with E-state index in [-0.39, 0.29) is 5.91 Å². The van der Waals surface area contributed by atoms with Gasteiger partial charge in [0.15, 0.2) is 11.5 Å². The Morgan fingerprint density at radius 1 is 0.933 bits per heavy atom. The number of ether oxygens (including phenoxy) is 2. The zero-order valence-corrected chi connectivity index (χ0v) is 17.3. The van der Waals surface area contributed by atoms with Crippen LogP contribution in [0.5, 0.6) is 11.5 Å². The smallest absolute Gasteiger partial charge is 0.238 e. The Hall–Kier alpha value is -2.83. The highest BCUT2D eigenvalue weighted by Gasteiger charge is 2.19. The number of fused-ring (bicyclic) bond motifs is 1. The van der Waals surface area contributed by atoms with E-state index in [0.717, 1.165) is 50.6 Å². The average molecular weight is 408 g/mol. The Morgan fingerprint density at radius 2 is 1.67 bits per heavy atom. The van der Waals surface area contributed by atoms with Crippen LogP contribution in [-0.2, 0) is 4.79 Å². The predicted molar refractivity (Wildman–Crippen MR) is 119 cm³/mol. The van der Waals surface area contributed by atoms with E-state index in [9.17, 15) is 4.79 Å². The second kappa shape index (κ2) is 10.3. The number of nitrogens with one attached hydrogen (secondary N) is 1. The maximum Gasteiger partial charge on any atom is 0.238 e. The molecule has 0 bridgehead atoms. The highest BCUT2D eigenvalue weighted by molar-refractivity contribution is 5.92. The summed E-state index contributed by atoms with van der Waals surface area (Å²) in [6.07, 6.45) is 5.24. The SMILES string of the molecule is O=C(CN1CCN(CC=Cc2ccccc2)CC1)Nc1ccc2c(c1)OCCCO2. The summed E-state index contributed by atoms with van der Waals surface area (Å²) in [6.45, 7) is 6.37. The van der Waals surface area contributed by atoms with Gasteiger partial charge >= 0.3 is 0 Å². The van der Waals surface area contributed by atoms with Crippen molar-refractivity contribution < 1.29 is 14.3 Å². The maximum absolute atomic E-state index is 12.5. The molecule has 6 nitrogen and oxygen atoms in total. The van der Waals surface area contributed by atoms with Crippen molar-refractivity contribution >= 4 is 17.7 Å². The summed E-state index contributed by atoms with van der Waals surface area (Å²) >= 11 is 0. The van der Waals surface area contributed by atoms with Gasteiger partial charge in [-0.05, 0) is 17.7 Å². The van der Waals surface area contributed by atoms with E-state index in [1.54, 1.807) is 0 Å². The van der Waals surface area contributed by atoms with E-state index in [0.29, 0.717) is 25.5 Å². The highest BCUT2D eigenvalue weighted by atomic mass is 16.5. The topological polar surface area (TPSA) is 54.0 Å². The van der Waals surface area contributed by atoms with Gasteiger partial charge in [-0.1, -0.05) is 42.5 Å². The van der Waals surface area contributed by atoms with Crippen LogP contribution in [0.25, 0.3) is 6.08 Å². The number of carbonyl (C=O) groups is 1. The average Bonchev–Trinajstić information content (AvgIpc) is 3.01. The molecule has 1 fully saturated rings. The molecule has 2 heterocycles. The summed E-state index contributed by atoms with van der Waals surface area (Å²) in [4.78, 5) is 17.1. The molecule has 2 aliphatic heterocycles. The summed E-state index contributed by atoms with van der Waals surface area (Å²) in [7, 11) is 0. The molecule has 30 heavy (non-hydrogen) atoms. The zero-order valence-electron chi connectivity index (χ0n) is 17.3. The molecule has 0 radical (unpaired) electrons. The molecule has 158 valence electrons. The fourth-order valence-corrected chi connectivity index (χ4v) is 3.68. The normalized spacial score (nSPS) is 17.6. The Bertz CT molecular complexity index is 861. The van der Waals surface area contributed by atoms with Crippen LogP contribution in [0, 0.1) is 0 Å². The first kappa shape index (κ1) is 20.4. The molecule has 1 N–H and O–H groups in total. The number of hydrogen-bond acceptors (Lipinski definition) is 5. The van der Waals surface area contributed by atoms with Gasteiger partial charge < -0.3 is 14.8 Å². The maximum atomic E-state index is 12.5. The van der Waals surface area contributed by atoms with Crippen LogP contribution in [0.1, 0.15) is 12.0 Å². The monoisotopic (exact) mass is 407 g/mol. The highest BCUT2D eigenvalue weighted by Crippen LogP contribution is 2.32. The molecule has 1 amide bonds. The number of amides is 1. The van der Waals surface area contributed by atoms with Crippen LogP contribution < -0.4 is 14.8 Å². The molecular weight excluding hydrogens is 378 g/mol. The lowest BCUT2D eigenvalue weighted by atomic mass is 10.2. The van der Waals surface area contributed by atoms with Gasteiger partial charge in [-0.3, -0.25) is 14.6 Å². The molecule has 0 unspecified atom stereocenters. The van der Waals surface area contributed by atoms with E-state index in [1.165, 1.54) is 5.56 Å². The zero-order chi connectivity index (χ0) is 20.6. The van der Waals surface area contributed by atoms with Gasteiger partial charge in [0.25, 0.3) is 0 Å². The Labute approximate surface area is 178 Å². The van der Waals surface area contributed by atoms with Crippen LogP contribution in [-0.4, -0.2) is 68.2 Å². The fraction of sp³-hybridized carbons (Fsp3) is 0.375. The number of rotatable bonds is 6. The molecule has 2 aromatic carbocycles. The minimum absolute atomic E-state index is 0.00177. The molecule has 0 aliphatic carbocycles. The number of carbonyl (C=O) groups excluding carboxylic acids is 1. The lowest BCUT2D eigenvalue weighted by Crippen LogP contribution is -2.48. The second-order valence-corrected chi connectivity index (χ2v) is 7.65. The van der Waals surface area contributed by atoms with Gasteiger partial charge in [0.2, 0.25) is 5.91 Å². The van der Waals surface area contributed by atoms with Gasteiger partial charge in [0, 0.05) is 50.9 Å². The Kier molecular flexibility index (Phi) is 7.00. The first-order valence-electron chi connectivity index (χ1n) is 10.6. The largest absolute Gasteiger partial charge is 0.490 e. The van der Waals surface area contributed by atoms with Gasteiger partial charge in [-0.2, -0.15) is 0 Å². The van der Waals surface area contributed by atoms with Gasteiger partial charge in [-0.25, -0.2) is 0 Å². The number of benzene rings is 2. The number of hydrogen-bond donors (Lipinski definition) is 1. The minimum atomic E-state index is 0.00177. The molecule has 2 aliphatic rings. The first-order valence-corrected chi connectivity index (χ1v) is 10.6. The number of nitrogens with zero attached hydrogens (tertiary/aromatic N) is 2. The van der Waals surface area contributed by atoms with E-state index >= 15 is 0 Å². The third-order valence-corrected chi connectivity index (χ3v) is 5.34. The van der Waals surface area contributed by atoms with E-state index in [2.05, 4.69) is 51.5 Å². The molecular formula is C24H29N3O3. The van der Waals surface area contributed by atoms with Crippen molar-refractivity contribution in [2.75, 3.05) is 57.8 Å². The van der Waals surface area contributed by atoms with Crippen molar-refractivity contribution in [2.24, 2.45) is 0 Å².